The predicted molar refractivity (Wildman–Crippen MR) is 126 cm³/mol. The summed E-state index contributed by atoms with van der Waals surface area (Å²) in [7, 11) is -3.38. The molecule has 1 N–H and O–H groups in total. The van der Waals surface area contributed by atoms with Gasteiger partial charge in [0.1, 0.15) is 5.69 Å². The van der Waals surface area contributed by atoms with Gasteiger partial charge in [-0.3, -0.25) is 14.2 Å². The maximum atomic E-state index is 12.2. The second-order valence-electron chi connectivity index (χ2n) is 7.23. The van der Waals surface area contributed by atoms with Crippen LogP contribution in [0.4, 0.5) is 0 Å². The summed E-state index contributed by atoms with van der Waals surface area (Å²) in [6, 6.07) is 13.1. The summed E-state index contributed by atoms with van der Waals surface area (Å²) in [4.78, 5) is 24.9. The molecule has 9 nitrogen and oxygen atoms in total. The molecule has 0 unspecified atom stereocenters. The quantitative estimate of drug-likeness (QED) is 0.414. The molecule has 4 rings (SSSR count). The fourth-order valence-corrected chi connectivity index (χ4v) is 4.93. The van der Waals surface area contributed by atoms with Crippen molar-refractivity contribution in [2.45, 2.75) is 12.3 Å². The number of nitrogens with zero attached hydrogens (tertiary/aromatic N) is 4. The third kappa shape index (κ3) is 5.56. The Morgan fingerprint density at radius 1 is 1.18 bits per heavy atom. The van der Waals surface area contributed by atoms with Crippen LogP contribution in [0.25, 0.3) is 11.4 Å². The van der Waals surface area contributed by atoms with Crippen LogP contribution in [0.3, 0.4) is 0 Å². The largest absolute Gasteiger partial charge is 0.346 e. The van der Waals surface area contributed by atoms with Crippen LogP contribution in [0.1, 0.15) is 20.9 Å². The maximum absolute atomic E-state index is 12.2. The number of nitrogens with one attached hydrogen (secondary N) is 1. The van der Waals surface area contributed by atoms with Crippen molar-refractivity contribution in [3.63, 3.8) is 0 Å². The summed E-state index contributed by atoms with van der Waals surface area (Å²) in [5, 5.41) is 10.9. The van der Waals surface area contributed by atoms with Gasteiger partial charge in [0.2, 0.25) is 0 Å². The van der Waals surface area contributed by atoms with Crippen molar-refractivity contribution in [3.05, 3.63) is 91.7 Å². The predicted octanol–water partition coefficient (Wildman–Crippen LogP) is 2.61. The standard InChI is InChI=1S/C21H18ClN5O4S2/c1-33(30,31)13-14-10-16(26-9-3-2-4-20(26)28)5-6-17(14)27-12-15(24-25-27)11-23-21(29)18-7-8-19(22)32-18/h2-10,12H,11,13H2,1H3,(H,23,29). The molecule has 0 bridgehead atoms. The van der Waals surface area contributed by atoms with Crippen LogP contribution in [0.5, 0.6) is 0 Å². The monoisotopic (exact) mass is 503 g/mol. The summed E-state index contributed by atoms with van der Waals surface area (Å²) < 4.78 is 27.5. The average Bonchev–Trinajstić information content (AvgIpc) is 3.40. The summed E-state index contributed by atoms with van der Waals surface area (Å²) in [5.74, 6) is -0.528. The number of rotatable bonds is 7. The van der Waals surface area contributed by atoms with Gasteiger partial charge in [-0.05, 0) is 42.0 Å². The van der Waals surface area contributed by atoms with Gasteiger partial charge in [0.25, 0.3) is 11.5 Å². The van der Waals surface area contributed by atoms with Crippen LogP contribution in [-0.4, -0.2) is 40.1 Å². The van der Waals surface area contributed by atoms with Crippen molar-refractivity contribution in [1.29, 1.82) is 0 Å². The van der Waals surface area contributed by atoms with E-state index in [2.05, 4.69) is 15.6 Å². The Hall–Kier alpha value is -3.28. The van der Waals surface area contributed by atoms with E-state index in [0.29, 0.717) is 31.8 Å². The van der Waals surface area contributed by atoms with Crippen LogP contribution < -0.4 is 10.9 Å². The smallest absolute Gasteiger partial charge is 0.261 e. The number of amides is 1. The summed E-state index contributed by atoms with van der Waals surface area (Å²) in [5.41, 5.74) is 1.74. The number of carbonyl (C=O) groups is 1. The number of aromatic nitrogens is 4. The Kier molecular flexibility index (Phi) is 6.45. The molecule has 33 heavy (non-hydrogen) atoms. The number of pyridine rings is 1. The normalized spacial score (nSPS) is 11.5. The highest BCUT2D eigenvalue weighted by Gasteiger charge is 2.15. The molecule has 0 aliphatic carbocycles. The van der Waals surface area contributed by atoms with Crippen molar-refractivity contribution in [3.8, 4) is 11.4 Å². The van der Waals surface area contributed by atoms with Gasteiger partial charge in [-0.15, -0.1) is 16.4 Å². The van der Waals surface area contributed by atoms with E-state index in [4.69, 9.17) is 11.6 Å². The first-order chi connectivity index (χ1) is 15.7. The van der Waals surface area contributed by atoms with E-state index in [1.807, 2.05) is 0 Å². The Morgan fingerprint density at radius 2 is 2.00 bits per heavy atom. The lowest BCUT2D eigenvalue weighted by molar-refractivity contribution is 0.0954. The topological polar surface area (TPSA) is 116 Å². The lowest BCUT2D eigenvalue weighted by atomic mass is 10.1. The molecule has 0 aliphatic heterocycles. The number of hydrogen-bond acceptors (Lipinski definition) is 7. The zero-order valence-electron chi connectivity index (χ0n) is 17.3. The molecule has 0 radical (unpaired) electrons. The number of halogens is 1. The molecule has 0 saturated heterocycles. The molecule has 1 aromatic carbocycles. The van der Waals surface area contributed by atoms with Gasteiger partial charge in [0.05, 0.1) is 33.4 Å². The zero-order valence-corrected chi connectivity index (χ0v) is 19.7. The van der Waals surface area contributed by atoms with Gasteiger partial charge in [-0.1, -0.05) is 22.9 Å². The Bertz CT molecular complexity index is 1490. The first-order valence-corrected chi connectivity index (χ1v) is 12.9. The zero-order chi connectivity index (χ0) is 23.6. The van der Waals surface area contributed by atoms with Crippen LogP contribution in [-0.2, 0) is 22.1 Å². The average molecular weight is 504 g/mol. The molecule has 3 aromatic heterocycles. The molecule has 0 aliphatic rings. The molecular weight excluding hydrogens is 486 g/mol. The van der Waals surface area contributed by atoms with Gasteiger partial charge >= 0.3 is 0 Å². The van der Waals surface area contributed by atoms with Gasteiger partial charge in [-0.2, -0.15) is 0 Å². The van der Waals surface area contributed by atoms with E-state index in [9.17, 15) is 18.0 Å². The molecule has 1 amide bonds. The summed E-state index contributed by atoms with van der Waals surface area (Å²) >= 11 is 7.04. The number of thiophene rings is 1. The molecule has 0 spiro atoms. The molecule has 170 valence electrons. The summed E-state index contributed by atoms with van der Waals surface area (Å²) in [6.07, 6.45) is 4.35. The minimum absolute atomic E-state index is 0.132. The number of sulfone groups is 1. The minimum atomic E-state index is -3.38. The first kappa shape index (κ1) is 22.9. The van der Waals surface area contributed by atoms with Crippen LogP contribution in [0, 0.1) is 0 Å². The molecular formula is C21H18ClN5O4S2. The molecule has 0 fully saturated rings. The molecule has 12 heteroatoms. The first-order valence-electron chi connectivity index (χ1n) is 9.63. The SMILES string of the molecule is CS(=O)(=O)Cc1cc(-n2ccccc2=O)ccc1-n1cc(CNC(=O)c2ccc(Cl)s2)nn1. The van der Waals surface area contributed by atoms with Gasteiger partial charge in [0.15, 0.2) is 9.84 Å². The maximum Gasteiger partial charge on any atom is 0.261 e. The van der Waals surface area contributed by atoms with E-state index in [-0.39, 0.29) is 23.8 Å². The molecule has 3 heterocycles. The van der Waals surface area contributed by atoms with Crippen molar-refractivity contribution in [1.82, 2.24) is 24.9 Å². The van der Waals surface area contributed by atoms with Crippen LogP contribution in [0.15, 0.2) is 65.7 Å². The van der Waals surface area contributed by atoms with E-state index in [0.717, 1.165) is 6.26 Å². The fourth-order valence-electron chi connectivity index (χ4n) is 3.18. The molecule has 0 saturated carbocycles. The summed E-state index contributed by atoms with van der Waals surface area (Å²) in [6.45, 7) is 0.132. The van der Waals surface area contributed by atoms with E-state index in [1.165, 1.54) is 26.7 Å². The van der Waals surface area contributed by atoms with Gasteiger partial charge in [-0.25, -0.2) is 13.1 Å². The highest BCUT2D eigenvalue weighted by Crippen LogP contribution is 2.22. The van der Waals surface area contributed by atoms with E-state index < -0.39 is 9.84 Å². The Morgan fingerprint density at radius 3 is 2.70 bits per heavy atom. The Labute approximate surface area is 198 Å². The lowest BCUT2D eigenvalue weighted by Crippen LogP contribution is -2.21. The lowest BCUT2D eigenvalue weighted by Gasteiger charge is -2.12. The molecule has 0 atom stereocenters. The molecule has 4 aromatic rings. The van der Waals surface area contributed by atoms with E-state index in [1.54, 1.807) is 54.9 Å². The third-order valence-electron chi connectivity index (χ3n) is 4.60. The van der Waals surface area contributed by atoms with Crippen molar-refractivity contribution in [2.24, 2.45) is 0 Å². The van der Waals surface area contributed by atoms with Gasteiger partial charge < -0.3 is 5.32 Å². The Balaban J connectivity index is 1.61. The fraction of sp³-hybridized carbons (Fsp3) is 0.143. The highest BCUT2D eigenvalue weighted by molar-refractivity contribution is 7.89. The van der Waals surface area contributed by atoms with E-state index >= 15 is 0 Å². The van der Waals surface area contributed by atoms with Crippen molar-refractivity contribution >= 4 is 38.7 Å². The highest BCUT2D eigenvalue weighted by atomic mass is 35.5. The number of hydrogen-bond donors (Lipinski definition) is 1. The van der Waals surface area contributed by atoms with Gasteiger partial charge in [0, 0.05) is 24.2 Å². The number of benzene rings is 1. The van der Waals surface area contributed by atoms with Crippen LogP contribution in [0.2, 0.25) is 4.34 Å². The van der Waals surface area contributed by atoms with Crippen molar-refractivity contribution in [2.75, 3.05) is 6.26 Å². The number of carbonyl (C=O) groups excluding carboxylic acids is 1. The minimum Gasteiger partial charge on any atom is -0.346 e. The third-order valence-corrected chi connectivity index (χ3v) is 6.66. The second kappa shape index (κ2) is 9.30. The second-order valence-corrected chi connectivity index (χ2v) is 11.1. The van der Waals surface area contributed by atoms with Crippen molar-refractivity contribution < 1.29 is 13.2 Å². The van der Waals surface area contributed by atoms with Crippen LogP contribution >= 0.6 is 22.9 Å².